The van der Waals surface area contributed by atoms with Crippen molar-refractivity contribution in [1.82, 2.24) is 0 Å². The van der Waals surface area contributed by atoms with Gasteiger partial charge in [-0.1, -0.05) is 0 Å². The van der Waals surface area contributed by atoms with Gasteiger partial charge in [0.2, 0.25) is 0 Å². The summed E-state index contributed by atoms with van der Waals surface area (Å²) < 4.78 is 31.9. The molecule has 0 aliphatic rings. The van der Waals surface area contributed by atoms with E-state index in [2.05, 4.69) is 0 Å². The summed E-state index contributed by atoms with van der Waals surface area (Å²) in [6.45, 7) is 4.75. The van der Waals surface area contributed by atoms with Gasteiger partial charge in [0.1, 0.15) is 0 Å². The Kier molecular flexibility index (Phi) is 5.18. The van der Waals surface area contributed by atoms with Gasteiger partial charge in [-0.2, -0.15) is 0 Å². The van der Waals surface area contributed by atoms with E-state index in [9.17, 15) is 0 Å². The normalized spacial score (nSPS) is 8.57. The summed E-state index contributed by atoms with van der Waals surface area (Å²) >= 11 is -5.25. The second-order valence-corrected chi connectivity index (χ2v) is 1.85. The van der Waals surface area contributed by atoms with Crippen LogP contribution in [0.4, 0.5) is 0 Å². The molecule has 0 heterocycles. The van der Waals surface area contributed by atoms with Crippen LogP contribution < -0.4 is 0 Å². The van der Waals surface area contributed by atoms with E-state index in [0.717, 1.165) is 0 Å². The van der Waals surface area contributed by atoms with Crippen LogP contribution in [0.2, 0.25) is 0 Å². The molecule has 5 nitrogen and oxygen atoms in total. The van der Waals surface area contributed by atoms with Gasteiger partial charge in [-0.25, -0.2) is 0 Å². The van der Waals surface area contributed by atoms with E-state index >= 15 is 0 Å². The molecule has 0 unspecified atom stereocenters. The van der Waals surface area contributed by atoms with Crippen molar-refractivity contribution in [2.24, 2.45) is 0 Å². The summed E-state index contributed by atoms with van der Waals surface area (Å²) in [4.78, 5) is 0. The zero-order chi connectivity index (χ0) is 6.50. The molecule has 0 saturated heterocycles. The molecular weight excluding hydrogens is 142 g/mol. The zero-order valence-electron chi connectivity index (χ0n) is 3.07. The molecule has 0 amide bonds. The van der Waals surface area contributed by atoms with Crippen LogP contribution >= 0.6 is 0 Å². The van der Waals surface area contributed by atoms with Crippen molar-refractivity contribution in [3.8, 4) is 0 Å². The van der Waals surface area contributed by atoms with Crippen LogP contribution in [-0.4, -0.2) is 8.32 Å². The fraction of sp³-hybridized carbons (Fsp3) is 0. The van der Waals surface area contributed by atoms with Crippen LogP contribution in [0.1, 0.15) is 0 Å². The maximum absolute atomic E-state index is 8.82. The average Bonchev–Trinajstić information content (AvgIpc) is 1.36. The Hall–Kier alpha value is -0.458. The van der Waals surface area contributed by atoms with Gasteiger partial charge >= 0.3 is 29.5 Å². The molecule has 0 atom stereocenters. The van der Waals surface area contributed by atoms with E-state index in [1.165, 1.54) is 0 Å². The van der Waals surface area contributed by atoms with Crippen molar-refractivity contribution in [2.45, 2.75) is 0 Å². The summed E-state index contributed by atoms with van der Waals surface area (Å²) in [5.74, 6) is 0. The van der Waals surface area contributed by atoms with Crippen molar-refractivity contribution in [2.75, 3.05) is 0 Å². The Bertz CT molecular complexity index is 123. The molecular formula is CH2CrNO4-. The Morgan fingerprint density at radius 2 is 1.29 bits per heavy atom. The first-order chi connectivity index (χ1) is 3.00. The van der Waals surface area contributed by atoms with Gasteiger partial charge in [0, 0.05) is 0 Å². The van der Waals surface area contributed by atoms with Gasteiger partial charge < -0.3 is 11.8 Å². The summed E-state index contributed by atoms with van der Waals surface area (Å²) in [6.07, 6.45) is 0. The van der Waals surface area contributed by atoms with Crippen LogP contribution in [0.15, 0.2) is 0 Å². The monoisotopic (exact) mass is 144 g/mol. The van der Waals surface area contributed by atoms with E-state index in [4.69, 9.17) is 27.8 Å². The third kappa shape index (κ3) is 332. The predicted octanol–water partition coefficient (Wildman–Crippen LogP) is -1.26. The Morgan fingerprint density at radius 3 is 1.29 bits per heavy atom. The second kappa shape index (κ2) is 3.72. The van der Waals surface area contributed by atoms with Crippen molar-refractivity contribution < 1.29 is 29.5 Å². The zero-order valence-corrected chi connectivity index (χ0v) is 4.34. The third-order valence-corrected chi connectivity index (χ3v) is 0. The summed E-state index contributed by atoms with van der Waals surface area (Å²) in [6, 6.07) is 0. The van der Waals surface area contributed by atoms with Crippen LogP contribution in [0.5, 0.6) is 0 Å². The SMILES string of the molecule is [C-]#N.[O]=[Cr](=[O])([OH])[OH]. The van der Waals surface area contributed by atoms with E-state index in [0.29, 0.717) is 0 Å². The molecule has 6 heteroatoms. The molecule has 0 aliphatic heterocycles. The first-order valence-electron chi connectivity index (χ1n) is 0.922. The van der Waals surface area contributed by atoms with E-state index in [1.807, 2.05) is 0 Å². The Labute approximate surface area is 42.2 Å². The average molecular weight is 144 g/mol. The van der Waals surface area contributed by atoms with Crippen molar-refractivity contribution in [3.05, 3.63) is 6.57 Å². The topological polar surface area (TPSA) is 98.4 Å². The quantitative estimate of drug-likeness (QED) is 0.413. The first kappa shape index (κ1) is 9.74. The van der Waals surface area contributed by atoms with E-state index in [-0.39, 0.29) is 0 Å². The molecule has 0 aromatic rings. The molecule has 2 N–H and O–H groups in total. The molecule has 0 spiro atoms. The van der Waals surface area contributed by atoms with Gasteiger partial charge in [0.25, 0.3) is 0 Å². The Morgan fingerprint density at radius 1 is 1.29 bits per heavy atom. The fourth-order valence-corrected chi connectivity index (χ4v) is 0. The first-order valence-corrected chi connectivity index (χ1v) is 3.10. The summed E-state index contributed by atoms with van der Waals surface area (Å²) in [5, 5.41) is 6.25. The molecule has 0 aliphatic carbocycles. The molecule has 0 aromatic heterocycles. The van der Waals surface area contributed by atoms with E-state index < -0.39 is 13.6 Å². The maximum atomic E-state index is 8.82. The van der Waals surface area contributed by atoms with Crippen LogP contribution in [-0.2, 0) is 21.2 Å². The number of hydrogen-bond acceptors (Lipinski definition) is 3. The summed E-state index contributed by atoms with van der Waals surface area (Å²) in [5.41, 5.74) is 0. The molecule has 42 valence electrons. The Balaban J connectivity index is 0. The van der Waals surface area contributed by atoms with Gasteiger partial charge in [-0.15, -0.1) is 0 Å². The number of nitrogens with zero attached hydrogens (tertiary/aromatic N) is 1. The van der Waals surface area contributed by atoms with Crippen LogP contribution in [0, 0.1) is 11.8 Å². The molecule has 0 saturated carbocycles. The molecule has 0 aromatic carbocycles. The molecule has 0 bridgehead atoms. The second-order valence-electron chi connectivity index (χ2n) is 0.448. The van der Waals surface area contributed by atoms with Gasteiger partial charge in [0.05, 0.1) is 0 Å². The van der Waals surface area contributed by atoms with Gasteiger partial charge in [0.15, 0.2) is 0 Å². The standard InChI is InChI=1S/CN.Cr.2H2O.2O/c1-2;;;;;/h;;2*1H2;;/q-1;+2;;;;/p-2. The van der Waals surface area contributed by atoms with Crippen molar-refractivity contribution >= 4 is 0 Å². The van der Waals surface area contributed by atoms with Crippen LogP contribution in [0.25, 0.3) is 0 Å². The number of hydrogen-bond donors (Lipinski definition) is 2. The molecule has 0 fully saturated rings. The van der Waals surface area contributed by atoms with Crippen LogP contribution in [0.3, 0.4) is 0 Å². The fourth-order valence-electron chi connectivity index (χ4n) is 0. The van der Waals surface area contributed by atoms with E-state index in [1.54, 1.807) is 0 Å². The molecule has 7 heavy (non-hydrogen) atoms. The van der Waals surface area contributed by atoms with Gasteiger partial charge in [-0.3, -0.25) is 0 Å². The molecule has 0 rings (SSSR count). The van der Waals surface area contributed by atoms with Crippen molar-refractivity contribution in [3.63, 3.8) is 0 Å². The van der Waals surface area contributed by atoms with Crippen molar-refractivity contribution in [1.29, 1.82) is 5.26 Å². The predicted molar refractivity (Wildman–Crippen MR) is 10.8 cm³/mol. The number of rotatable bonds is 0. The minimum absolute atomic E-state index is 4.75. The third-order valence-electron chi connectivity index (χ3n) is 0. The summed E-state index contributed by atoms with van der Waals surface area (Å²) in [7, 11) is 0. The van der Waals surface area contributed by atoms with Gasteiger partial charge in [-0.05, 0) is 0 Å². The molecule has 0 radical (unpaired) electrons. The minimum atomic E-state index is -5.25.